The lowest BCUT2D eigenvalue weighted by atomic mass is 9.94. The van der Waals surface area contributed by atoms with Crippen molar-refractivity contribution in [2.45, 2.75) is 46.2 Å². The fraction of sp³-hybridized carbons (Fsp3) is 0.421. The number of aromatic nitrogens is 3. The van der Waals surface area contributed by atoms with Crippen molar-refractivity contribution in [3.63, 3.8) is 0 Å². The van der Waals surface area contributed by atoms with Gasteiger partial charge in [-0.1, -0.05) is 20.8 Å². The highest BCUT2D eigenvalue weighted by atomic mass is 127. The van der Waals surface area contributed by atoms with E-state index in [0.717, 1.165) is 17.1 Å². The van der Waals surface area contributed by atoms with E-state index >= 15 is 0 Å². The molecule has 8 heteroatoms. The summed E-state index contributed by atoms with van der Waals surface area (Å²) in [6.07, 6.45) is 5.81. The van der Waals surface area contributed by atoms with Crippen LogP contribution >= 0.6 is 24.0 Å². The molecule has 0 radical (unpaired) electrons. The number of aliphatic imine (C=N–C) groups is 1. The summed E-state index contributed by atoms with van der Waals surface area (Å²) in [5, 5.41) is 6.47. The average molecular weight is 482 g/mol. The molecule has 0 atom stereocenters. The molecule has 0 aliphatic rings. The van der Waals surface area contributed by atoms with Crippen molar-refractivity contribution >= 4 is 35.6 Å². The number of rotatable bonds is 4. The van der Waals surface area contributed by atoms with E-state index in [0.29, 0.717) is 24.9 Å². The lowest BCUT2D eigenvalue weighted by molar-refractivity contribution is 0.379. The monoisotopic (exact) mass is 482 g/mol. The van der Waals surface area contributed by atoms with E-state index in [1.165, 1.54) is 5.56 Å². The van der Waals surface area contributed by atoms with Gasteiger partial charge >= 0.3 is 0 Å². The number of oxazole rings is 1. The molecule has 0 saturated carbocycles. The summed E-state index contributed by atoms with van der Waals surface area (Å²) in [6, 6.07) is 4.13. The highest BCUT2D eigenvalue weighted by Crippen LogP contribution is 2.22. The van der Waals surface area contributed by atoms with E-state index in [9.17, 15) is 0 Å². The molecule has 7 nitrogen and oxygen atoms in total. The highest BCUT2D eigenvalue weighted by Gasteiger charge is 2.19. The minimum atomic E-state index is -0.0490. The zero-order chi connectivity index (χ0) is 18.7. The van der Waals surface area contributed by atoms with Gasteiger partial charge in [-0.2, -0.15) is 0 Å². The second-order valence-corrected chi connectivity index (χ2v) is 7.35. The summed E-state index contributed by atoms with van der Waals surface area (Å²) in [7, 11) is 1.73. The Hall–Kier alpha value is -2.10. The van der Waals surface area contributed by atoms with Crippen LogP contribution in [0.2, 0.25) is 0 Å². The number of pyridine rings is 1. The quantitative estimate of drug-likeness (QED) is 0.339. The first-order chi connectivity index (χ1) is 12.3. The molecule has 2 N–H and O–H groups in total. The fourth-order valence-electron chi connectivity index (χ4n) is 2.51. The van der Waals surface area contributed by atoms with Crippen LogP contribution in [0.4, 0.5) is 0 Å². The lowest BCUT2D eigenvalue weighted by Gasteiger charge is -2.13. The van der Waals surface area contributed by atoms with E-state index in [1.807, 2.05) is 16.8 Å². The Morgan fingerprint density at radius 2 is 2.00 bits per heavy atom. The lowest BCUT2D eigenvalue weighted by Crippen LogP contribution is -2.36. The molecule has 0 unspecified atom stereocenters. The minimum absolute atomic E-state index is 0. The van der Waals surface area contributed by atoms with E-state index < -0.39 is 0 Å². The second kappa shape index (κ2) is 8.73. The van der Waals surface area contributed by atoms with E-state index in [4.69, 9.17) is 4.42 Å². The maximum atomic E-state index is 5.78. The van der Waals surface area contributed by atoms with Crippen LogP contribution in [0.3, 0.4) is 0 Å². The molecule has 3 rings (SSSR count). The standard InChI is InChI=1S/C19H26N6O.HI/c1-13-6-7-25-12-14(24-16(25)8-13)9-22-18(20-5)23-11-17-21-10-15(26-17)19(2,3)4;/h6-8,10,12H,9,11H2,1-5H3,(H2,20,22,23);1H. The number of hydrogen-bond donors (Lipinski definition) is 2. The molecule has 3 aromatic rings. The first kappa shape index (κ1) is 21.2. The van der Waals surface area contributed by atoms with Gasteiger partial charge < -0.3 is 19.5 Å². The number of imidazole rings is 1. The Labute approximate surface area is 176 Å². The number of halogens is 1. The molecule has 0 bridgehead atoms. The van der Waals surface area contributed by atoms with E-state index in [1.54, 1.807) is 13.2 Å². The summed E-state index contributed by atoms with van der Waals surface area (Å²) in [6.45, 7) is 9.41. The summed E-state index contributed by atoms with van der Waals surface area (Å²) >= 11 is 0. The van der Waals surface area contributed by atoms with Gasteiger partial charge in [-0.3, -0.25) is 4.99 Å². The van der Waals surface area contributed by atoms with Gasteiger partial charge in [-0.05, 0) is 24.6 Å². The normalized spacial score (nSPS) is 12.1. The second-order valence-electron chi connectivity index (χ2n) is 7.35. The molecule has 0 amide bonds. The Balaban J connectivity index is 0.00000261. The Kier molecular flexibility index (Phi) is 6.85. The number of fused-ring (bicyclic) bond motifs is 1. The van der Waals surface area contributed by atoms with Gasteiger partial charge in [0.2, 0.25) is 5.89 Å². The van der Waals surface area contributed by atoms with Crippen molar-refractivity contribution < 1.29 is 4.42 Å². The van der Waals surface area contributed by atoms with Crippen molar-refractivity contribution in [2.24, 2.45) is 4.99 Å². The molecule has 0 saturated heterocycles. The third kappa shape index (κ3) is 5.44. The zero-order valence-electron chi connectivity index (χ0n) is 16.4. The fourth-order valence-corrected chi connectivity index (χ4v) is 2.51. The smallest absolute Gasteiger partial charge is 0.213 e. The third-order valence-electron chi connectivity index (χ3n) is 4.03. The molecule has 0 aromatic carbocycles. The summed E-state index contributed by atoms with van der Waals surface area (Å²) in [5.74, 6) is 2.19. The van der Waals surface area contributed by atoms with Crippen molar-refractivity contribution in [1.82, 2.24) is 25.0 Å². The number of aryl methyl sites for hydroxylation is 1. The van der Waals surface area contributed by atoms with Crippen LogP contribution in [0, 0.1) is 6.92 Å². The van der Waals surface area contributed by atoms with Gasteiger partial charge in [-0.25, -0.2) is 9.97 Å². The van der Waals surface area contributed by atoms with Crippen molar-refractivity contribution in [3.05, 3.63) is 53.6 Å². The topological polar surface area (TPSA) is 79.8 Å². The summed E-state index contributed by atoms with van der Waals surface area (Å²) in [4.78, 5) is 13.2. The Morgan fingerprint density at radius 3 is 2.67 bits per heavy atom. The van der Waals surface area contributed by atoms with Gasteiger partial charge in [0.05, 0.1) is 25.0 Å². The first-order valence-corrected chi connectivity index (χ1v) is 8.69. The molecular weight excluding hydrogens is 455 g/mol. The van der Waals surface area contributed by atoms with Crippen LogP contribution in [0.25, 0.3) is 5.65 Å². The van der Waals surface area contributed by atoms with Gasteiger partial charge in [-0.15, -0.1) is 24.0 Å². The number of nitrogens with one attached hydrogen (secondary N) is 2. The summed E-state index contributed by atoms with van der Waals surface area (Å²) in [5.41, 5.74) is 3.04. The average Bonchev–Trinajstić information content (AvgIpc) is 3.20. The molecule has 3 aromatic heterocycles. The predicted molar refractivity (Wildman–Crippen MR) is 118 cm³/mol. The van der Waals surface area contributed by atoms with Gasteiger partial charge in [0.15, 0.2) is 5.96 Å². The maximum Gasteiger partial charge on any atom is 0.213 e. The maximum absolute atomic E-state index is 5.78. The number of guanidine groups is 1. The largest absolute Gasteiger partial charge is 0.443 e. The Bertz CT molecular complexity index is 922. The molecule has 27 heavy (non-hydrogen) atoms. The van der Waals surface area contributed by atoms with Crippen LogP contribution in [0.15, 0.2) is 40.1 Å². The van der Waals surface area contributed by atoms with Gasteiger partial charge in [0.1, 0.15) is 11.4 Å². The van der Waals surface area contributed by atoms with Crippen LogP contribution in [-0.2, 0) is 18.5 Å². The number of hydrogen-bond acceptors (Lipinski definition) is 4. The molecule has 0 spiro atoms. The third-order valence-corrected chi connectivity index (χ3v) is 4.03. The highest BCUT2D eigenvalue weighted by molar-refractivity contribution is 14.0. The number of nitrogens with zero attached hydrogens (tertiary/aromatic N) is 4. The van der Waals surface area contributed by atoms with Gasteiger partial charge in [0.25, 0.3) is 0 Å². The Morgan fingerprint density at radius 1 is 1.26 bits per heavy atom. The first-order valence-electron chi connectivity index (χ1n) is 8.69. The minimum Gasteiger partial charge on any atom is -0.443 e. The predicted octanol–water partition coefficient (Wildman–Crippen LogP) is 3.41. The van der Waals surface area contributed by atoms with Crippen LogP contribution in [-0.4, -0.2) is 27.4 Å². The van der Waals surface area contributed by atoms with Crippen LogP contribution in [0.1, 0.15) is 43.7 Å². The molecular formula is C19H27IN6O. The molecule has 146 valence electrons. The van der Waals surface area contributed by atoms with Crippen molar-refractivity contribution in [1.29, 1.82) is 0 Å². The van der Waals surface area contributed by atoms with E-state index in [2.05, 4.69) is 65.4 Å². The van der Waals surface area contributed by atoms with Crippen LogP contribution < -0.4 is 10.6 Å². The van der Waals surface area contributed by atoms with Crippen molar-refractivity contribution in [2.75, 3.05) is 7.05 Å². The molecule has 0 aliphatic heterocycles. The SMILES string of the molecule is CN=C(NCc1cn2ccc(C)cc2n1)NCc1ncc(C(C)(C)C)o1.I. The molecule has 0 fully saturated rings. The molecule has 3 heterocycles. The van der Waals surface area contributed by atoms with Gasteiger partial charge in [0, 0.05) is 24.9 Å². The zero-order valence-corrected chi connectivity index (χ0v) is 18.7. The summed E-state index contributed by atoms with van der Waals surface area (Å²) < 4.78 is 7.80. The van der Waals surface area contributed by atoms with Crippen molar-refractivity contribution in [3.8, 4) is 0 Å². The van der Waals surface area contributed by atoms with E-state index in [-0.39, 0.29) is 29.4 Å². The molecule has 0 aliphatic carbocycles. The van der Waals surface area contributed by atoms with Crippen LogP contribution in [0.5, 0.6) is 0 Å².